The maximum atomic E-state index is 5.75. The molecule has 1 fully saturated rings. The van der Waals surface area contributed by atoms with Crippen LogP contribution in [-0.4, -0.2) is 35.3 Å². The molecule has 1 saturated heterocycles. The molecular weight excluding hydrogens is 260 g/mol. The van der Waals surface area contributed by atoms with E-state index >= 15 is 0 Å². The number of benzene rings is 1. The Kier molecular flexibility index (Phi) is 5.47. The van der Waals surface area contributed by atoms with Gasteiger partial charge in [0, 0.05) is 29.7 Å². The average Bonchev–Trinajstić information content (AvgIpc) is 2.40. The minimum Gasteiger partial charge on any atom is -0.393 e. The van der Waals surface area contributed by atoms with E-state index in [1.807, 2.05) is 11.8 Å². The third kappa shape index (κ3) is 4.26. The molecule has 0 saturated carbocycles. The Bertz CT molecular complexity index is 381. The van der Waals surface area contributed by atoms with E-state index in [1.54, 1.807) is 0 Å². The van der Waals surface area contributed by atoms with Crippen LogP contribution in [0.4, 0.5) is 0 Å². The van der Waals surface area contributed by atoms with Gasteiger partial charge in [0.05, 0.1) is 4.99 Å². The van der Waals surface area contributed by atoms with Crippen LogP contribution in [0.25, 0.3) is 0 Å². The van der Waals surface area contributed by atoms with Crippen LogP contribution in [0.3, 0.4) is 0 Å². The Morgan fingerprint density at radius 3 is 2.89 bits per heavy atom. The summed E-state index contributed by atoms with van der Waals surface area (Å²) in [6, 6.07) is 10.6. The predicted octanol–water partition coefficient (Wildman–Crippen LogP) is 2.78. The lowest BCUT2D eigenvalue weighted by Crippen LogP contribution is -2.41. The first-order valence-corrected chi connectivity index (χ1v) is 7.84. The number of piperidine rings is 1. The van der Waals surface area contributed by atoms with Crippen molar-refractivity contribution in [2.75, 3.05) is 25.4 Å². The minimum absolute atomic E-state index is 0.426. The molecule has 2 rings (SSSR count). The van der Waals surface area contributed by atoms with Gasteiger partial charge >= 0.3 is 0 Å². The monoisotopic (exact) mass is 280 g/mol. The van der Waals surface area contributed by atoms with Gasteiger partial charge in [-0.2, -0.15) is 0 Å². The maximum Gasteiger partial charge on any atom is 0.0771 e. The van der Waals surface area contributed by atoms with Gasteiger partial charge in [-0.1, -0.05) is 30.4 Å². The Morgan fingerprint density at radius 1 is 1.39 bits per heavy atom. The third-order valence-corrected chi connectivity index (χ3v) is 4.65. The van der Waals surface area contributed by atoms with Gasteiger partial charge in [0.1, 0.15) is 0 Å². The largest absolute Gasteiger partial charge is 0.393 e. The Labute approximate surface area is 119 Å². The van der Waals surface area contributed by atoms with Crippen LogP contribution in [0.5, 0.6) is 0 Å². The second kappa shape index (κ2) is 7.12. The molecule has 1 aliphatic heterocycles. The zero-order chi connectivity index (χ0) is 12.8. The van der Waals surface area contributed by atoms with E-state index < -0.39 is 0 Å². The van der Waals surface area contributed by atoms with Gasteiger partial charge in [-0.15, -0.1) is 11.8 Å². The van der Waals surface area contributed by atoms with Gasteiger partial charge < -0.3 is 10.6 Å². The zero-order valence-electron chi connectivity index (χ0n) is 10.5. The fourth-order valence-corrected chi connectivity index (χ4v) is 3.43. The molecule has 1 unspecified atom stereocenters. The van der Waals surface area contributed by atoms with Crippen molar-refractivity contribution in [2.45, 2.75) is 17.7 Å². The molecule has 2 N–H and O–H groups in total. The van der Waals surface area contributed by atoms with Gasteiger partial charge in [-0.25, -0.2) is 0 Å². The van der Waals surface area contributed by atoms with Crippen LogP contribution >= 0.6 is 24.0 Å². The van der Waals surface area contributed by atoms with E-state index in [2.05, 4.69) is 35.2 Å². The number of nitrogens with zero attached hydrogens (tertiary/aromatic N) is 1. The summed E-state index contributed by atoms with van der Waals surface area (Å²) in [4.78, 5) is 4.53. The average molecular weight is 280 g/mol. The second-order valence-electron chi connectivity index (χ2n) is 4.70. The smallest absolute Gasteiger partial charge is 0.0771 e. The number of nitrogens with two attached hydrogens (primary N) is 1. The Hall–Kier alpha value is -0.580. The molecule has 0 amide bonds. The Morgan fingerprint density at radius 2 is 2.17 bits per heavy atom. The van der Waals surface area contributed by atoms with E-state index in [1.165, 1.54) is 17.9 Å². The van der Waals surface area contributed by atoms with Gasteiger partial charge in [0.2, 0.25) is 0 Å². The molecule has 4 heteroatoms. The van der Waals surface area contributed by atoms with Crippen molar-refractivity contribution in [3.63, 3.8) is 0 Å². The van der Waals surface area contributed by atoms with Crippen LogP contribution in [0.1, 0.15) is 12.8 Å². The lowest BCUT2D eigenvalue weighted by molar-refractivity contribution is 0.216. The topological polar surface area (TPSA) is 29.3 Å². The van der Waals surface area contributed by atoms with E-state index in [0.717, 1.165) is 25.3 Å². The molecule has 1 heterocycles. The number of thioether (sulfide) groups is 1. The van der Waals surface area contributed by atoms with Crippen LogP contribution < -0.4 is 5.73 Å². The molecule has 0 aliphatic carbocycles. The van der Waals surface area contributed by atoms with Crippen LogP contribution in [0.15, 0.2) is 35.2 Å². The molecular formula is C14H20N2S2. The molecule has 1 aromatic carbocycles. The summed E-state index contributed by atoms with van der Waals surface area (Å²) in [7, 11) is 0. The summed E-state index contributed by atoms with van der Waals surface area (Å²) in [5.41, 5.74) is 5.75. The molecule has 18 heavy (non-hydrogen) atoms. The third-order valence-electron chi connectivity index (χ3n) is 3.33. The first kappa shape index (κ1) is 13.8. The fraction of sp³-hybridized carbons (Fsp3) is 0.500. The SMILES string of the molecule is NC(=S)C1CCCN(CCSc2ccccc2)C1. The summed E-state index contributed by atoms with van der Waals surface area (Å²) in [5, 5.41) is 0. The molecule has 1 aliphatic rings. The standard InChI is InChI=1S/C14H20N2S2/c15-14(17)12-5-4-8-16(11-12)9-10-18-13-6-2-1-3-7-13/h1-3,6-7,12H,4-5,8-11H2,(H2,15,17). The zero-order valence-corrected chi connectivity index (χ0v) is 12.2. The summed E-state index contributed by atoms with van der Waals surface area (Å²) in [6.45, 7) is 3.36. The van der Waals surface area contributed by atoms with E-state index in [4.69, 9.17) is 18.0 Å². The number of likely N-dealkylation sites (tertiary alicyclic amines) is 1. The van der Waals surface area contributed by atoms with Crippen molar-refractivity contribution in [1.29, 1.82) is 0 Å². The molecule has 1 aromatic rings. The van der Waals surface area contributed by atoms with E-state index in [-0.39, 0.29) is 0 Å². The molecule has 1 atom stereocenters. The predicted molar refractivity (Wildman–Crippen MR) is 83.1 cm³/mol. The van der Waals surface area contributed by atoms with E-state index in [0.29, 0.717) is 10.9 Å². The van der Waals surface area contributed by atoms with Crippen LogP contribution in [0.2, 0.25) is 0 Å². The number of thiocarbonyl (C=S) groups is 1. The highest BCUT2D eigenvalue weighted by Crippen LogP contribution is 2.20. The number of hydrogen-bond acceptors (Lipinski definition) is 3. The molecule has 98 valence electrons. The van der Waals surface area contributed by atoms with Crippen molar-refractivity contribution in [3.05, 3.63) is 30.3 Å². The highest BCUT2D eigenvalue weighted by atomic mass is 32.2. The molecule has 0 aromatic heterocycles. The summed E-state index contributed by atoms with van der Waals surface area (Å²) < 4.78 is 0. The fourth-order valence-electron chi connectivity index (χ4n) is 2.30. The summed E-state index contributed by atoms with van der Waals surface area (Å²) in [5.74, 6) is 1.56. The first-order valence-electron chi connectivity index (χ1n) is 6.45. The highest BCUT2D eigenvalue weighted by Gasteiger charge is 2.21. The second-order valence-corrected chi connectivity index (χ2v) is 6.34. The number of rotatable bonds is 5. The summed E-state index contributed by atoms with van der Waals surface area (Å²) in [6.07, 6.45) is 2.38. The van der Waals surface area contributed by atoms with Gasteiger partial charge in [0.15, 0.2) is 0 Å². The lowest BCUT2D eigenvalue weighted by atomic mass is 9.98. The van der Waals surface area contributed by atoms with Crippen LogP contribution in [-0.2, 0) is 0 Å². The lowest BCUT2D eigenvalue weighted by Gasteiger charge is -2.31. The van der Waals surface area contributed by atoms with Crippen molar-refractivity contribution in [2.24, 2.45) is 11.7 Å². The molecule has 0 bridgehead atoms. The van der Waals surface area contributed by atoms with Crippen molar-refractivity contribution in [3.8, 4) is 0 Å². The van der Waals surface area contributed by atoms with Crippen LogP contribution in [0, 0.1) is 5.92 Å². The molecule has 0 spiro atoms. The summed E-state index contributed by atoms with van der Waals surface area (Å²) >= 11 is 7.02. The maximum absolute atomic E-state index is 5.75. The minimum atomic E-state index is 0.426. The number of hydrogen-bond donors (Lipinski definition) is 1. The molecule has 2 nitrogen and oxygen atoms in total. The first-order chi connectivity index (χ1) is 8.75. The van der Waals surface area contributed by atoms with Crippen molar-refractivity contribution in [1.82, 2.24) is 4.90 Å². The molecule has 0 radical (unpaired) electrons. The van der Waals surface area contributed by atoms with Crippen molar-refractivity contribution >= 4 is 29.0 Å². The van der Waals surface area contributed by atoms with E-state index in [9.17, 15) is 0 Å². The highest BCUT2D eigenvalue weighted by molar-refractivity contribution is 7.99. The van der Waals surface area contributed by atoms with Gasteiger partial charge in [-0.3, -0.25) is 0 Å². The quantitative estimate of drug-likeness (QED) is 0.663. The van der Waals surface area contributed by atoms with Gasteiger partial charge in [0.25, 0.3) is 0 Å². The van der Waals surface area contributed by atoms with Gasteiger partial charge in [-0.05, 0) is 31.5 Å². The Balaban J connectivity index is 1.72. The van der Waals surface area contributed by atoms with Crippen molar-refractivity contribution < 1.29 is 0 Å². The normalized spacial score (nSPS) is 20.8.